The van der Waals surface area contributed by atoms with Crippen molar-refractivity contribution >= 4 is 20.3 Å². The Hall–Kier alpha value is -0.180. The molecule has 0 aliphatic heterocycles. The van der Waals surface area contributed by atoms with E-state index < -0.39 is 20.3 Å². The molecule has 0 unspecified atom stereocenters. The van der Waals surface area contributed by atoms with Crippen LogP contribution in [0.1, 0.15) is 38.5 Å². The molecule has 4 saturated carbocycles. The summed E-state index contributed by atoms with van der Waals surface area (Å²) < 4.78 is 52.7. The molecule has 20 heavy (non-hydrogen) atoms. The summed E-state index contributed by atoms with van der Waals surface area (Å²) >= 11 is 0. The molecule has 0 heterocycles. The van der Waals surface area contributed by atoms with E-state index in [0.29, 0.717) is 17.8 Å². The van der Waals surface area contributed by atoms with Crippen molar-refractivity contribution in [3.05, 3.63) is 4.13 Å². The highest BCUT2D eigenvalue weighted by Crippen LogP contribution is 2.60. The van der Waals surface area contributed by atoms with Gasteiger partial charge in [0.2, 0.25) is 10.3 Å². The fraction of sp³-hybridized carbons (Fsp3) is 1.00. The van der Waals surface area contributed by atoms with Gasteiger partial charge < -0.3 is 4.13 Å². The van der Waals surface area contributed by atoms with E-state index in [2.05, 4.69) is 4.13 Å². The Morgan fingerprint density at radius 3 is 1.85 bits per heavy atom. The second kappa shape index (κ2) is 4.66. The van der Waals surface area contributed by atoms with Crippen LogP contribution in [-0.4, -0.2) is 29.7 Å². The number of hydrogen-bond acceptors (Lipinski definition) is 5. The quantitative estimate of drug-likeness (QED) is 0.769. The predicted octanol–water partition coefficient (Wildman–Crippen LogP) is 1.80. The van der Waals surface area contributed by atoms with Gasteiger partial charge in [0.25, 0.3) is 0 Å². The van der Waals surface area contributed by atoms with Crippen molar-refractivity contribution < 1.29 is 21.0 Å². The highest BCUT2D eigenvalue weighted by molar-refractivity contribution is 8.09. The monoisotopic (exact) mass is 322 g/mol. The van der Waals surface area contributed by atoms with Gasteiger partial charge in [-0.1, -0.05) is 0 Å². The summed E-state index contributed by atoms with van der Waals surface area (Å²) in [7, 11) is -8.29. The maximum absolute atomic E-state index is 11.6. The molecule has 0 N–H and O–H groups in total. The molecule has 0 spiro atoms. The molecule has 0 aromatic carbocycles. The van der Waals surface area contributed by atoms with E-state index in [1.54, 1.807) is 0 Å². The summed E-state index contributed by atoms with van der Waals surface area (Å²) in [5, 5.41) is 0. The molecule has 6 nitrogen and oxygen atoms in total. The molecular weight excluding hydrogens is 302 g/mol. The van der Waals surface area contributed by atoms with Crippen LogP contribution in [-0.2, 0) is 24.5 Å². The molecule has 0 amide bonds. The van der Waals surface area contributed by atoms with Gasteiger partial charge in [0, 0.05) is 6.26 Å². The minimum Gasteiger partial charge on any atom is -0.412 e. The van der Waals surface area contributed by atoms with Crippen molar-refractivity contribution in [1.82, 2.24) is 0 Å². The van der Waals surface area contributed by atoms with Gasteiger partial charge in [-0.2, -0.15) is 0 Å². The third kappa shape index (κ3) is 3.18. The van der Waals surface area contributed by atoms with E-state index in [1.165, 1.54) is 19.3 Å². The molecule has 4 bridgehead atoms. The lowest BCUT2D eigenvalue weighted by molar-refractivity contribution is -0.0733. The molecule has 0 atom stereocenters. The zero-order chi connectivity index (χ0) is 14.6. The van der Waals surface area contributed by atoms with Gasteiger partial charge in [-0.15, -0.1) is 0 Å². The summed E-state index contributed by atoms with van der Waals surface area (Å²) in [6.45, 7) is 0.0812. The van der Waals surface area contributed by atoms with Gasteiger partial charge in [0.15, 0.2) is 0 Å². The summed E-state index contributed by atoms with van der Waals surface area (Å²) in [4.78, 5) is 0. The third-order valence-electron chi connectivity index (χ3n) is 4.91. The minimum absolute atomic E-state index is 0.0746. The molecule has 4 fully saturated rings. The van der Waals surface area contributed by atoms with E-state index >= 15 is 0 Å². The van der Waals surface area contributed by atoms with Crippen molar-refractivity contribution in [1.29, 1.82) is 0 Å². The Morgan fingerprint density at radius 1 is 1.00 bits per heavy atom. The smallest absolute Gasteiger partial charge is 0.201 e. The fourth-order valence-electron chi connectivity index (χ4n) is 4.85. The molecular formula is C12H20NO5S2-. The predicted molar refractivity (Wildman–Crippen MR) is 73.7 cm³/mol. The van der Waals surface area contributed by atoms with Crippen LogP contribution in [0.2, 0.25) is 0 Å². The normalized spacial score (nSPS) is 40.1. The van der Waals surface area contributed by atoms with E-state index in [4.69, 9.17) is 4.18 Å². The fourth-order valence-corrected chi connectivity index (χ4v) is 6.75. The van der Waals surface area contributed by atoms with Crippen molar-refractivity contribution in [3.8, 4) is 0 Å². The number of nitrogens with zero attached hydrogens (tertiary/aromatic N) is 1. The first-order valence-electron chi connectivity index (χ1n) is 6.98. The Labute approximate surface area is 120 Å². The van der Waals surface area contributed by atoms with Gasteiger partial charge in [0.05, 0.1) is 16.6 Å². The zero-order valence-electron chi connectivity index (χ0n) is 11.5. The van der Waals surface area contributed by atoms with Crippen molar-refractivity contribution in [2.75, 3.05) is 12.9 Å². The summed E-state index contributed by atoms with van der Waals surface area (Å²) in [5.41, 5.74) is -0.0746. The molecule has 0 aromatic heterocycles. The van der Waals surface area contributed by atoms with Crippen LogP contribution in [0.3, 0.4) is 0 Å². The maximum Gasteiger partial charge on any atom is 0.201 e. The first-order valence-corrected chi connectivity index (χ1v) is 10.2. The van der Waals surface area contributed by atoms with E-state index in [9.17, 15) is 16.8 Å². The Balaban J connectivity index is 1.67. The molecule has 4 aliphatic rings. The van der Waals surface area contributed by atoms with Crippen LogP contribution in [0.4, 0.5) is 0 Å². The maximum atomic E-state index is 11.6. The minimum atomic E-state index is -4.35. The Kier molecular flexibility index (Phi) is 3.43. The summed E-state index contributed by atoms with van der Waals surface area (Å²) in [5.74, 6) is 2.08. The van der Waals surface area contributed by atoms with Gasteiger partial charge in [-0.05, 0) is 61.7 Å². The number of hydrogen-bond donors (Lipinski definition) is 0. The largest absolute Gasteiger partial charge is 0.412 e. The van der Waals surface area contributed by atoms with E-state index in [0.717, 1.165) is 25.5 Å². The SMILES string of the molecule is CS(=O)(=O)[N-]S(=O)(=O)OCC12CC3CC(CC(C3)C1)C2. The first-order chi connectivity index (χ1) is 9.15. The molecule has 4 rings (SSSR count). The molecule has 4 aliphatic carbocycles. The number of sulfonamides is 1. The van der Waals surface area contributed by atoms with Gasteiger partial charge in [-0.3, -0.25) is 4.18 Å². The second-order valence-corrected chi connectivity index (χ2v) is 10.1. The van der Waals surface area contributed by atoms with Crippen molar-refractivity contribution in [2.24, 2.45) is 23.2 Å². The van der Waals surface area contributed by atoms with Gasteiger partial charge in [0.1, 0.15) is 0 Å². The van der Waals surface area contributed by atoms with Gasteiger partial charge in [-0.25, -0.2) is 16.8 Å². The average molecular weight is 322 g/mol. The van der Waals surface area contributed by atoms with E-state index in [1.807, 2.05) is 0 Å². The molecule has 0 radical (unpaired) electrons. The van der Waals surface area contributed by atoms with Crippen LogP contribution >= 0.6 is 0 Å². The lowest BCUT2D eigenvalue weighted by Crippen LogP contribution is -2.48. The standard InChI is InChI=1S/C12H20NO5S2/c1-19(14,15)13-20(16,17)18-8-12-5-9-2-10(6-12)4-11(3-9)7-12/h9-11H,2-8H2,1H3/q-1. The number of rotatable bonds is 5. The summed E-state index contributed by atoms with van der Waals surface area (Å²) in [6, 6.07) is 0. The van der Waals surface area contributed by atoms with Crippen LogP contribution in [0, 0.1) is 23.2 Å². The highest BCUT2D eigenvalue weighted by Gasteiger charge is 2.51. The Bertz CT molecular complexity index is 560. The lowest BCUT2D eigenvalue weighted by Gasteiger charge is -2.56. The van der Waals surface area contributed by atoms with Gasteiger partial charge >= 0.3 is 0 Å². The first kappa shape index (κ1) is 14.7. The molecule has 116 valence electrons. The molecule has 0 saturated heterocycles. The van der Waals surface area contributed by atoms with Crippen LogP contribution in [0.5, 0.6) is 0 Å². The molecule has 0 aromatic rings. The third-order valence-corrected chi connectivity index (χ3v) is 7.13. The molecule has 8 heteroatoms. The lowest BCUT2D eigenvalue weighted by atomic mass is 9.50. The van der Waals surface area contributed by atoms with Crippen LogP contribution < -0.4 is 0 Å². The average Bonchev–Trinajstić information content (AvgIpc) is 2.21. The van der Waals surface area contributed by atoms with E-state index in [-0.39, 0.29) is 12.0 Å². The van der Waals surface area contributed by atoms with Crippen LogP contribution in [0.25, 0.3) is 4.13 Å². The zero-order valence-corrected chi connectivity index (χ0v) is 13.1. The van der Waals surface area contributed by atoms with Crippen LogP contribution in [0.15, 0.2) is 0 Å². The summed E-state index contributed by atoms with van der Waals surface area (Å²) in [6.07, 6.45) is 7.56. The Morgan fingerprint density at radius 2 is 1.45 bits per heavy atom. The highest BCUT2D eigenvalue weighted by atomic mass is 32.3. The van der Waals surface area contributed by atoms with Crippen molar-refractivity contribution in [3.63, 3.8) is 0 Å². The second-order valence-electron chi connectivity index (χ2n) is 6.92. The van der Waals surface area contributed by atoms with Crippen molar-refractivity contribution in [2.45, 2.75) is 38.5 Å². The topological polar surface area (TPSA) is 91.6 Å².